The summed E-state index contributed by atoms with van der Waals surface area (Å²) in [6.07, 6.45) is 7.38. The minimum atomic E-state index is -0.954. The van der Waals surface area contributed by atoms with Gasteiger partial charge < -0.3 is 43.3 Å². The molecule has 2 rings (SSSR count). The molecule has 1 saturated carbocycles. The van der Waals surface area contributed by atoms with Gasteiger partial charge in [-0.05, 0) is 70.8 Å². The first kappa shape index (κ1) is 32.0. The second kappa shape index (κ2) is 17.4. The number of unbranched alkanes of at least 4 members (excludes halogenated alkanes) is 1. The van der Waals surface area contributed by atoms with E-state index in [-0.39, 0.29) is 30.7 Å². The lowest BCUT2D eigenvalue weighted by atomic mass is 9.78. The van der Waals surface area contributed by atoms with Crippen molar-refractivity contribution < 1.29 is 24.0 Å². The molecule has 1 aliphatic carbocycles. The third kappa shape index (κ3) is 11.2. The summed E-state index contributed by atoms with van der Waals surface area (Å²) in [4.78, 5) is 68.5. The van der Waals surface area contributed by atoms with Crippen molar-refractivity contribution in [3.8, 4) is 0 Å². The Balaban J connectivity index is 2.29. The van der Waals surface area contributed by atoms with Gasteiger partial charge in [0, 0.05) is 24.9 Å². The Bertz CT molecular complexity index is 863. The highest BCUT2D eigenvalue weighted by Gasteiger charge is 2.37. The average molecular weight is 551 g/mol. The van der Waals surface area contributed by atoms with Crippen LogP contribution in [0.2, 0.25) is 0 Å². The van der Waals surface area contributed by atoms with E-state index >= 15 is 0 Å². The number of carbonyl (C=O) groups is 5. The van der Waals surface area contributed by atoms with Gasteiger partial charge in [0.1, 0.15) is 18.4 Å². The van der Waals surface area contributed by atoms with E-state index in [1.54, 1.807) is 0 Å². The molecule has 0 radical (unpaired) electrons. The molecule has 5 atom stereocenters. The fraction of sp³-hybridized carbons (Fsp3) is 0.769. The lowest BCUT2D eigenvalue weighted by molar-refractivity contribution is -0.138. The summed E-state index contributed by atoms with van der Waals surface area (Å²) in [6, 6.07) is -2.59. The van der Waals surface area contributed by atoms with Gasteiger partial charge >= 0.3 is 0 Å². The van der Waals surface area contributed by atoms with Crippen molar-refractivity contribution in [3.05, 3.63) is 0 Å². The Kier molecular flexibility index (Phi) is 14.3. The zero-order valence-corrected chi connectivity index (χ0v) is 22.8. The van der Waals surface area contributed by atoms with Gasteiger partial charge in [-0.3, -0.25) is 24.2 Å². The third-order valence-electron chi connectivity index (χ3n) is 7.33. The summed E-state index contributed by atoms with van der Waals surface area (Å²) in [5.41, 5.74) is 16.4. The fourth-order valence-electron chi connectivity index (χ4n) is 5.13. The average Bonchev–Trinajstić information content (AvgIpc) is 2.92. The molecule has 2 fully saturated rings. The molecular weight excluding hydrogens is 504 g/mol. The van der Waals surface area contributed by atoms with Gasteiger partial charge in [-0.1, -0.05) is 12.8 Å². The highest BCUT2D eigenvalue weighted by molar-refractivity contribution is 5.94. The number of hydrogen-bond donors (Lipinski definition) is 7. The second-order valence-corrected chi connectivity index (χ2v) is 10.4. The third-order valence-corrected chi connectivity index (χ3v) is 7.33. The summed E-state index contributed by atoms with van der Waals surface area (Å²) < 4.78 is 0. The first-order chi connectivity index (χ1) is 18.8. The Morgan fingerprint density at radius 2 is 1.36 bits per heavy atom. The molecule has 4 amide bonds. The quantitative estimate of drug-likeness (QED) is 0.0807. The minimum Gasteiger partial charge on any atom is -0.370 e. The zero-order chi connectivity index (χ0) is 28.6. The number of aldehydes is 1. The maximum Gasteiger partial charge on any atom is 0.243 e. The lowest BCUT2D eigenvalue weighted by Gasteiger charge is -2.31. The van der Waals surface area contributed by atoms with Crippen LogP contribution in [0.25, 0.3) is 0 Å². The number of aliphatic imine (C=N–C) groups is 1. The number of nitrogens with zero attached hydrogens (tertiary/aromatic N) is 1. The summed E-state index contributed by atoms with van der Waals surface area (Å²) >= 11 is 0. The highest BCUT2D eigenvalue weighted by atomic mass is 16.2. The smallest absolute Gasteiger partial charge is 0.243 e. The number of rotatable bonds is 9. The molecule has 2 aliphatic rings. The molecule has 1 heterocycles. The van der Waals surface area contributed by atoms with Gasteiger partial charge in [0.15, 0.2) is 5.96 Å². The van der Waals surface area contributed by atoms with E-state index < -0.39 is 41.8 Å². The Morgan fingerprint density at radius 3 is 2.00 bits per heavy atom. The van der Waals surface area contributed by atoms with Gasteiger partial charge in [0.25, 0.3) is 0 Å². The number of fused-ring (bicyclic) bond motifs is 1. The maximum atomic E-state index is 13.4. The van der Waals surface area contributed by atoms with Crippen LogP contribution in [0.15, 0.2) is 4.99 Å². The number of amides is 4. The summed E-state index contributed by atoms with van der Waals surface area (Å²) in [6.45, 7) is 1.12. The van der Waals surface area contributed by atoms with E-state index in [2.05, 4.69) is 26.3 Å². The lowest BCUT2D eigenvalue weighted by Crippen LogP contribution is -2.56. The number of carbonyl (C=O) groups excluding carboxylic acids is 5. The highest BCUT2D eigenvalue weighted by Crippen LogP contribution is 2.30. The Hall–Kier alpha value is -3.22. The van der Waals surface area contributed by atoms with Crippen LogP contribution in [0, 0.1) is 11.8 Å². The zero-order valence-electron chi connectivity index (χ0n) is 22.8. The number of nitrogens with one attached hydrogen (secondary N) is 4. The van der Waals surface area contributed by atoms with E-state index in [0.717, 1.165) is 12.8 Å². The molecule has 2 unspecified atom stereocenters. The van der Waals surface area contributed by atoms with E-state index in [0.29, 0.717) is 77.2 Å². The van der Waals surface area contributed by atoms with E-state index in [1.807, 2.05) is 0 Å². The number of hydrogen-bond acceptors (Lipinski definition) is 7. The van der Waals surface area contributed by atoms with Gasteiger partial charge in [-0.2, -0.15) is 0 Å². The molecule has 0 spiro atoms. The van der Waals surface area contributed by atoms with Crippen LogP contribution in [-0.4, -0.2) is 73.6 Å². The maximum absolute atomic E-state index is 13.4. The summed E-state index contributed by atoms with van der Waals surface area (Å²) in [5.74, 6) is -2.57. The predicted octanol–water partition coefficient (Wildman–Crippen LogP) is -1.07. The molecule has 220 valence electrons. The van der Waals surface area contributed by atoms with Crippen LogP contribution in [0.1, 0.15) is 77.0 Å². The van der Waals surface area contributed by atoms with E-state index in [4.69, 9.17) is 17.2 Å². The van der Waals surface area contributed by atoms with Crippen LogP contribution >= 0.6 is 0 Å². The fourth-order valence-corrected chi connectivity index (χ4v) is 5.13. The molecule has 0 aromatic heterocycles. The standard InChI is InChI=1S/C26H46N8O5/c27-13-5-3-11-20-25(39)34-21(12-7-15-31-26(28)29)24(38)32-17(16-35)8-4-6-14-30-22(36)18-9-1-2-10-19(18)23(37)33-20/h16-21H,1-15,27H2,(H,30,36)(H,32,38)(H,33,37)(H,34,39)(H4,28,29,31)/t17-,18?,19?,20-,21-/m0/s1. The molecule has 1 saturated heterocycles. The number of nitrogens with two attached hydrogens (primary N) is 3. The second-order valence-electron chi connectivity index (χ2n) is 10.4. The molecule has 0 aromatic rings. The normalized spacial score (nSPS) is 27.6. The molecule has 0 aromatic carbocycles. The first-order valence-electron chi connectivity index (χ1n) is 14.2. The van der Waals surface area contributed by atoms with Crippen molar-refractivity contribution in [1.29, 1.82) is 0 Å². The van der Waals surface area contributed by atoms with E-state index in [9.17, 15) is 24.0 Å². The summed E-state index contributed by atoms with van der Waals surface area (Å²) in [5, 5.41) is 11.3. The monoisotopic (exact) mass is 550 g/mol. The van der Waals surface area contributed by atoms with Crippen LogP contribution in [0.4, 0.5) is 0 Å². The number of guanidine groups is 1. The van der Waals surface area contributed by atoms with Crippen molar-refractivity contribution in [2.75, 3.05) is 19.6 Å². The topological polar surface area (TPSA) is 224 Å². The van der Waals surface area contributed by atoms with Crippen molar-refractivity contribution in [3.63, 3.8) is 0 Å². The molecule has 1 aliphatic heterocycles. The molecular formula is C26H46N8O5. The van der Waals surface area contributed by atoms with Crippen LogP contribution in [0.5, 0.6) is 0 Å². The van der Waals surface area contributed by atoms with Gasteiger partial charge in [0.05, 0.1) is 6.04 Å². The van der Waals surface area contributed by atoms with Crippen molar-refractivity contribution in [1.82, 2.24) is 21.3 Å². The Labute approximate surface area is 230 Å². The molecule has 39 heavy (non-hydrogen) atoms. The van der Waals surface area contributed by atoms with Crippen LogP contribution < -0.4 is 38.5 Å². The summed E-state index contributed by atoms with van der Waals surface area (Å²) in [7, 11) is 0. The molecule has 10 N–H and O–H groups in total. The van der Waals surface area contributed by atoms with Crippen LogP contribution in [-0.2, 0) is 24.0 Å². The van der Waals surface area contributed by atoms with Crippen molar-refractivity contribution >= 4 is 35.9 Å². The first-order valence-corrected chi connectivity index (χ1v) is 14.2. The molecule has 13 heteroatoms. The predicted molar refractivity (Wildman–Crippen MR) is 147 cm³/mol. The van der Waals surface area contributed by atoms with E-state index in [1.165, 1.54) is 0 Å². The van der Waals surface area contributed by atoms with Crippen LogP contribution in [0.3, 0.4) is 0 Å². The largest absolute Gasteiger partial charge is 0.370 e. The Morgan fingerprint density at radius 1 is 0.769 bits per heavy atom. The van der Waals surface area contributed by atoms with Gasteiger partial charge in [0.2, 0.25) is 23.6 Å². The van der Waals surface area contributed by atoms with Crippen molar-refractivity contribution in [2.24, 2.45) is 34.0 Å². The van der Waals surface area contributed by atoms with Gasteiger partial charge in [-0.15, -0.1) is 0 Å². The minimum absolute atomic E-state index is 0.0740. The molecule has 13 nitrogen and oxygen atoms in total. The van der Waals surface area contributed by atoms with Crippen molar-refractivity contribution in [2.45, 2.75) is 95.2 Å². The SMILES string of the molecule is NCCCC[C@@H]1NC(=O)C2CCCCC2C(=O)NCCCC[C@@H](C=O)NC(=O)[C@H](CCCN=C(N)N)NC1=O. The van der Waals surface area contributed by atoms with Gasteiger partial charge in [-0.25, -0.2) is 0 Å². The molecule has 0 bridgehead atoms.